The third kappa shape index (κ3) is 2.89. The monoisotopic (exact) mass is 323 g/mol. The third-order valence-electron chi connectivity index (χ3n) is 3.46. The summed E-state index contributed by atoms with van der Waals surface area (Å²) in [7, 11) is 0. The van der Waals surface area contributed by atoms with Crippen molar-refractivity contribution < 1.29 is 9.72 Å². The third-order valence-corrected chi connectivity index (χ3v) is 3.46. The highest BCUT2D eigenvalue weighted by Gasteiger charge is 2.34. The summed E-state index contributed by atoms with van der Waals surface area (Å²) < 4.78 is 0. The normalized spacial score (nSPS) is 17.4. The van der Waals surface area contributed by atoms with Gasteiger partial charge in [-0.3, -0.25) is 14.9 Å². The fourth-order valence-electron chi connectivity index (χ4n) is 2.27. The highest BCUT2D eigenvalue weighted by Crippen LogP contribution is 2.28. The van der Waals surface area contributed by atoms with E-state index < -0.39 is 11.0 Å². The maximum absolute atomic E-state index is 12.5. The standard InChI is InChI=1S/C16H13N5O3/c1-11-15(16(22)20(19-11)12-7-3-2-4-8-12)18-17-13-9-5-6-10-14(13)21(23)24/h2-10,15H,1H3. The number of nitro groups is 1. The number of azo groups is 1. The van der Waals surface area contributed by atoms with E-state index in [0.29, 0.717) is 11.4 Å². The predicted octanol–water partition coefficient (Wildman–Crippen LogP) is 3.47. The van der Waals surface area contributed by atoms with E-state index in [4.69, 9.17) is 0 Å². The van der Waals surface area contributed by atoms with Crippen molar-refractivity contribution in [3.8, 4) is 0 Å². The molecule has 0 radical (unpaired) electrons. The number of amides is 1. The maximum Gasteiger partial charge on any atom is 0.296 e. The SMILES string of the molecule is CC1=NN(c2ccccc2)C(=O)C1N=Nc1ccccc1[N+](=O)[O-]. The van der Waals surface area contributed by atoms with Crippen molar-refractivity contribution in [2.24, 2.45) is 15.3 Å². The van der Waals surface area contributed by atoms with Crippen LogP contribution in [0.1, 0.15) is 6.92 Å². The molecule has 2 aromatic rings. The molecular formula is C16H13N5O3. The van der Waals surface area contributed by atoms with Gasteiger partial charge in [0.25, 0.3) is 11.6 Å². The number of hydrogen-bond donors (Lipinski definition) is 0. The molecular weight excluding hydrogens is 310 g/mol. The molecule has 0 fully saturated rings. The molecule has 2 aromatic carbocycles. The summed E-state index contributed by atoms with van der Waals surface area (Å²) in [4.78, 5) is 22.9. The largest absolute Gasteiger partial charge is 0.296 e. The minimum Gasteiger partial charge on any atom is -0.269 e. The molecule has 0 spiro atoms. The number of nitrogens with zero attached hydrogens (tertiary/aromatic N) is 5. The van der Waals surface area contributed by atoms with Gasteiger partial charge in [0, 0.05) is 6.07 Å². The van der Waals surface area contributed by atoms with E-state index in [2.05, 4.69) is 15.3 Å². The molecule has 0 aliphatic carbocycles. The van der Waals surface area contributed by atoms with Gasteiger partial charge in [0.05, 0.1) is 16.3 Å². The van der Waals surface area contributed by atoms with Crippen LogP contribution in [-0.4, -0.2) is 22.6 Å². The molecule has 1 aliphatic rings. The van der Waals surface area contributed by atoms with Gasteiger partial charge in [-0.25, -0.2) is 0 Å². The summed E-state index contributed by atoms with van der Waals surface area (Å²) in [6, 6.07) is 14.1. The molecule has 24 heavy (non-hydrogen) atoms. The summed E-state index contributed by atoms with van der Waals surface area (Å²) in [5, 5.41) is 24.3. The van der Waals surface area contributed by atoms with Crippen LogP contribution in [0.3, 0.4) is 0 Å². The Morgan fingerprint density at radius 1 is 1.12 bits per heavy atom. The zero-order valence-electron chi connectivity index (χ0n) is 12.7. The fourth-order valence-corrected chi connectivity index (χ4v) is 2.27. The van der Waals surface area contributed by atoms with Crippen LogP contribution in [0.5, 0.6) is 0 Å². The Balaban J connectivity index is 1.86. The van der Waals surface area contributed by atoms with Gasteiger partial charge in [-0.2, -0.15) is 15.2 Å². The van der Waals surface area contributed by atoms with Crippen LogP contribution in [0.4, 0.5) is 17.1 Å². The summed E-state index contributed by atoms with van der Waals surface area (Å²) in [6.07, 6.45) is 0. The van der Waals surface area contributed by atoms with Crippen molar-refractivity contribution in [1.82, 2.24) is 0 Å². The molecule has 1 heterocycles. The summed E-state index contributed by atoms with van der Waals surface area (Å²) in [5.74, 6) is -0.346. The minimum absolute atomic E-state index is 0.0984. The van der Waals surface area contributed by atoms with Gasteiger partial charge in [0.15, 0.2) is 11.7 Å². The number of carbonyl (C=O) groups excluding carboxylic acids is 1. The van der Waals surface area contributed by atoms with E-state index in [9.17, 15) is 14.9 Å². The first kappa shape index (κ1) is 15.5. The molecule has 3 rings (SSSR count). The second-order valence-corrected chi connectivity index (χ2v) is 5.09. The molecule has 0 aromatic heterocycles. The Bertz CT molecular complexity index is 848. The number of hydrazone groups is 1. The highest BCUT2D eigenvalue weighted by molar-refractivity contribution is 6.18. The van der Waals surface area contributed by atoms with E-state index in [0.717, 1.165) is 0 Å². The average molecular weight is 323 g/mol. The first-order chi connectivity index (χ1) is 11.6. The van der Waals surface area contributed by atoms with Crippen LogP contribution < -0.4 is 5.01 Å². The summed E-state index contributed by atoms with van der Waals surface area (Å²) in [6.45, 7) is 1.67. The lowest BCUT2D eigenvalue weighted by molar-refractivity contribution is -0.384. The van der Waals surface area contributed by atoms with Crippen molar-refractivity contribution in [2.45, 2.75) is 13.0 Å². The second kappa shape index (κ2) is 6.37. The van der Waals surface area contributed by atoms with E-state index in [1.54, 1.807) is 43.3 Å². The van der Waals surface area contributed by atoms with Gasteiger partial charge >= 0.3 is 0 Å². The molecule has 120 valence electrons. The van der Waals surface area contributed by atoms with Crippen LogP contribution in [0.25, 0.3) is 0 Å². The summed E-state index contributed by atoms with van der Waals surface area (Å²) in [5.41, 5.74) is 1.04. The maximum atomic E-state index is 12.5. The molecule has 1 unspecified atom stereocenters. The predicted molar refractivity (Wildman–Crippen MR) is 88.4 cm³/mol. The molecule has 0 saturated carbocycles. The molecule has 1 amide bonds. The smallest absolute Gasteiger partial charge is 0.269 e. The topological polar surface area (TPSA) is 101 Å². The molecule has 1 atom stereocenters. The van der Waals surface area contributed by atoms with Crippen molar-refractivity contribution in [1.29, 1.82) is 0 Å². The summed E-state index contributed by atoms with van der Waals surface area (Å²) >= 11 is 0. The van der Waals surface area contributed by atoms with Crippen LogP contribution >= 0.6 is 0 Å². The van der Waals surface area contributed by atoms with Gasteiger partial charge in [-0.15, -0.1) is 5.11 Å². The molecule has 1 aliphatic heterocycles. The quantitative estimate of drug-likeness (QED) is 0.489. The number of benzene rings is 2. The van der Waals surface area contributed by atoms with Crippen LogP contribution in [0.15, 0.2) is 69.9 Å². The van der Waals surface area contributed by atoms with E-state index in [1.807, 2.05) is 6.07 Å². The molecule has 0 N–H and O–H groups in total. The Morgan fingerprint density at radius 3 is 2.50 bits per heavy atom. The lowest BCUT2D eigenvalue weighted by Crippen LogP contribution is -2.29. The average Bonchev–Trinajstić information content (AvgIpc) is 2.88. The Labute approximate surface area is 137 Å². The molecule has 8 nitrogen and oxygen atoms in total. The van der Waals surface area contributed by atoms with Gasteiger partial charge < -0.3 is 0 Å². The van der Waals surface area contributed by atoms with Crippen LogP contribution in [0.2, 0.25) is 0 Å². The number of hydrogen-bond acceptors (Lipinski definition) is 6. The Kier molecular flexibility index (Phi) is 4.11. The van der Waals surface area contributed by atoms with Crippen molar-refractivity contribution in [3.05, 3.63) is 64.7 Å². The van der Waals surface area contributed by atoms with E-state index >= 15 is 0 Å². The van der Waals surface area contributed by atoms with Gasteiger partial charge in [0.2, 0.25) is 0 Å². The minimum atomic E-state index is -0.884. The molecule has 0 bridgehead atoms. The lowest BCUT2D eigenvalue weighted by atomic mass is 10.2. The first-order valence-electron chi connectivity index (χ1n) is 7.16. The molecule has 8 heteroatoms. The Morgan fingerprint density at radius 2 is 1.79 bits per heavy atom. The van der Waals surface area contributed by atoms with Crippen molar-refractivity contribution in [3.63, 3.8) is 0 Å². The number of anilines is 1. The highest BCUT2D eigenvalue weighted by atomic mass is 16.6. The van der Waals surface area contributed by atoms with Crippen molar-refractivity contribution in [2.75, 3.05) is 5.01 Å². The van der Waals surface area contributed by atoms with Gasteiger partial charge in [0.1, 0.15) is 0 Å². The molecule has 0 saturated heterocycles. The van der Waals surface area contributed by atoms with E-state index in [1.165, 1.54) is 17.1 Å². The Hall–Kier alpha value is -3.42. The zero-order chi connectivity index (χ0) is 17.1. The van der Waals surface area contributed by atoms with Crippen LogP contribution in [-0.2, 0) is 4.79 Å². The zero-order valence-corrected chi connectivity index (χ0v) is 12.7. The van der Waals surface area contributed by atoms with Crippen LogP contribution in [0, 0.1) is 10.1 Å². The number of carbonyl (C=O) groups is 1. The fraction of sp³-hybridized carbons (Fsp3) is 0.125. The number of rotatable bonds is 4. The van der Waals surface area contributed by atoms with Crippen molar-refractivity contribution >= 4 is 28.7 Å². The van der Waals surface area contributed by atoms with Gasteiger partial charge in [-0.05, 0) is 25.1 Å². The number of nitro benzene ring substituents is 1. The lowest BCUT2D eigenvalue weighted by Gasteiger charge is -2.11. The first-order valence-corrected chi connectivity index (χ1v) is 7.16. The van der Waals surface area contributed by atoms with Gasteiger partial charge in [-0.1, -0.05) is 30.3 Å². The second-order valence-electron chi connectivity index (χ2n) is 5.09. The van der Waals surface area contributed by atoms with E-state index in [-0.39, 0.29) is 17.3 Å². The number of para-hydroxylation sites is 2.